The summed E-state index contributed by atoms with van der Waals surface area (Å²) in [6, 6.07) is 13.9. The molecule has 1 aliphatic carbocycles. The molecule has 0 unspecified atom stereocenters. The van der Waals surface area contributed by atoms with Gasteiger partial charge in [-0.15, -0.1) is 0 Å². The molecular weight excluding hydrogens is 508 g/mol. The Balaban J connectivity index is 1.26. The van der Waals surface area contributed by atoms with Gasteiger partial charge in [0.25, 0.3) is 0 Å². The van der Waals surface area contributed by atoms with Crippen LogP contribution in [0.3, 0.4) is 0 Å². The van der Waals surface area contributed by atoms with Gasteiger partial charge in [0.15, 0.2) is 0 Å². The fraction of sp³-hybridized carbons (Fsp3) is 0.516. The highest BCUT2D eigenvalue weighted by molar-refractivity contribution is 5.96. The zero-order valence-corrected chi connectivity index (χ0v) is 24.0. The summed E-state index contributed by atoms with van der Waals surface area (Å²) in [5.74, 6) is -0.625. The van der Waals surface area contributed by atoms with Gasteiger partial charge in [0.05, 0.1) is 24.3 Å². The van der Waals surface area contributed by atoms with Crippen LogP contribution in [0.2, 0.25) is 0 Å². The zero-order valence-electron chi connectivity index (χ0n) is 24.0. The number of carbonyl (C=O) groups excluding carboxylic acids is 3. The van der Waals surface area contributed by atoms with Crippen molar-refractivity contribution in [1.82, 2.24) is 4.90 Å². The number of nitrogens with one attached hydrogen (secondary N) is 1. The Kier molecular flexibility index (Phi) is 9.60. The van der Waals surface area contributed by atoms with Gasteiger partial charge in [0.1, 0.15) is 5.60 Å². The second kappa shape index (κ2) is 12.9. The molecule has 2 aromatic rings. The number of methoxy groups -OCH3 is 1. The van der Waals surface area contributed by atoms with Gasteiger partial charge in [-0.25, -0.2) is 4.79 Å². The third-order valence-corrected chi connectivity index (χ3v) is 7.57. The first-order valence-corrected chi connectivity index (χ1v) is 14.1. The molecule has 2 aliphatic rings. The Bertz CT molecular complexity index is 1170. The van der Waals surface area contributed by atoms with Crippen LogP contribution in [0, 0.1) is 0 Å². The minimum atomic E-state index is -0.755. The number of nitrogens with two attached hydrogens (primary N) is 1. The van der Waals surface area contributed by atoms with Gasteiger partial charge in [0, 0.05) is 37.6 Å². The molecule has 2 amide bonds. The van der Waals surface area contributed by atoms with Crippen molar-refractivity contribution in [2.24, 2.45) is 5.73 Å². The minimum absolute atomic E-state index is 0.113. The summed E-state index contributed by atoms with van der Waals surface area (Å²) >= 11 is 0. The second-order valence-corrected chi connectivity index (χ2v) is 11.7. The van der Waals surface area contributed by atoms with Gasteiger partial charge in [-0.05, 0) is 94.8 Å². The predicted octanol–water partition coefficient (Wildman–Crippen LogP) is 3.76. The lowest BCUT2D eigenvalue weighted by Crippen LogP contribution is -2.54. The summed E-state index contributed by atoms with van der Waals surface area (Å²) in [6.07, 6.45) is 4.96. The van der Waals surface area contributed by atoms with Crippen LogP contribution in [0.4, 0.5) is 11.4 Å². The lowest BCUT2D eigenvalue weighted by molar-refractivity contribution is -0.122. The highest BCUT2D eigenvalue weighted by Gasteiger charge is 2.32. The number of carbonyl (C=O) groups is 3. The van der Waals surface area contributed by atoms with E-state index in [2.05, 4.69) is 10.2 Å². The number of rotatable bonds is 8. The number of esters is 1. The van der Waals surface area contributed by atoms with E-state index in [-0.39, 0.29) is 11.8 Å². The molecule has 2 fully saturated rings. The Labute approximate surface area is 237 Å². The van der Waals surface area contributed by atoms with E-state index in [4.69, 9.17) is 15.2 Å². The Morgan fingerprint density at radius 2 is 1.65 bits per heavy atom. The minimum Gasteiger partial charge on any atom is -0.456 e. The van der Waals surface area contributed by atoms with E-state index in [1.54, 1.807) is 31.4 Å². The second-order valence-electron chi connectivity index (χ2n) is 11.7. The fourth-order valence-electron chi connectivity index (χ4n) is 5.34. The molecular formula is C31H42N4O5. The fourth-order valence-corrected chi connectivity index (χ4v) is 5.34. The SMILES string of the molecule is COC1CCC(N2CCN(c3ccc(C[C@H](N)C(=O)Nc4ccc(C(=O)OC(C)(C)C)cc4)cc3)C(=O)C2)CC1. The van der Waals surface area contributed by atoms with Crippen molar-refractivity contribution in [3.05, 3.63) is 59.7 Å². The van der Waals surface area contributed by atoms with Crippen molar-refractivity contribution in [2.75, 3.05) is 37.0 Å². The molecule has 1 atom stereocenters. The average molecular weight is 551 g/mol. The molecule has 4 rings (SSSR count). The van der Waals surface area contributed by atoms with Gasteiger partial charge in [-0.2, -0.15) is 0 Å². The lowest BCUT2D eigenvalue weighted by Gasteiger charge is -2.41. The first kappa shape index (κ1) is 29.7. The number of hydrogen-bond acceptors (Lipinski definition) is 7. The van der Waals surface area contributed by atoms with Crippen LogP contribution in [-0.4, -0.2) is 73.2 Å². The molecule has 0 bridgehead atoms. The van der Waals surface area contributed by atoms with E-state index in [1.807, 2.05) is 49.9 Å². The summed E-state index contributed by atoms with van der Waals surface area (Å²) in [5, 5.41) is 2.80. The molecule has 3 N–H and O–H groups in total. The molecule has 1 saturated heterocycles. The number of hydrogen-bond donors (Lipinski definition) is 2. The Morgan fingerprint density at radius 3 is 2.23 bits per heavy atom. The monoisotopic (exact) mass is 550 g/mol. The summed E-state index contributed by atoms with van der Waals surface area (Å²) in [4.78, 5) is 42.0. The van der Waals surface area contributed by atoms with Crippen molar-refractivity contribution in [1.29, 1.82) is 0 Å². The molecule has 40 heavy (non-hydrogen) atoms. The molecule has 0 radical (unpaired) electrons. The average Bonchev–Trinajstić information content (AvgIpc) is 2.93. The van der Waals surface area contributed by atoms with E-state index in [0.29, 0.717) is 42.9 Å². The summed E-state index contributed by atoms with van der Waals surface area (Å²) in [7, 11) is 1.77. The molecule has 2 aromatic carbocycles. The number of amides is 2. The van der Waals surface area contributed by atoms with Crippen molar-refractivity contribution < 1.29 is 23.9 Å². The van der Waals surface area contributed by atoms with Crippen molar-refractivity contribution >= 4 is 29.2 Å². The molecule has 1 saturated carbocycles. The van der Waals surface area contributed by atoms with Crippen LogP contribution < -0.4 is 16.0 Å². The molecule has 216 valence electrons. The van der Waals surface area contributed by atoms with Gasteiger partial charge in [0.2, 0.25) is 11.8 Å². The van der Waals surface area contributed by atoms with Crippen molar-refractivity contribution in [2.45, 2.75) is 76.7 Å². The normalized spacial score (nSPS) is 21.1. The smallest absolute Gasteiger partial charge is 0.338 e. The van der Waals surface area contributed by atoms with Crippen LogP contribution >= 0.6 is 0 Å². The van der Waals surface area contributed by atoms with E-state index >= 15 is 0 Å². The maximum atomic E-state index is 13.0. The number of benzene rings is 2. The first-order chi connectivity index (χ1) is 19.0. The topological polar surface area (TPSA) is 114 Å². The predicted molar refractivity (Wildman–Crippen MR) is 155 cm³/mol. The third-order valence-electron chi connectivity index (χ3n) is 7.57. The van der Waals surface area contributed by atoms with Crippen LogP contribution in [0.5, 0.6) is 0 Å². The molecule has 0 aromatic heterocycles. The Morgan fingerprint density at radius 1 is 1.00 bits per heavy atom. The molecule has 1 heterocycles. The zero-order chi connectivity index (χ0) is 28.9. The third kappa shape index (κ3) is 7.90. The van der Waals surface area contributed by atoms with Crippen molar-refractivity contribution in [3.8, 4) is 0 Å². The van der Waals surface area contributed by atoms with Crippen LogP contribution in [0.1, 0.15) is 62.4 Å². The lowest BCUT2D eigenvalue weighted by atomic mass is 9.91. The van der Waals surface area contributed by atoms with Gasteiger partial charge < -0.3 is 25.4 Å². The van der Waals surface area contributed by atoms with Gasteiger partial charge in [-0.3, -0.25) is 14.5 Å². The molecule has 9 heteroatoms. The largest absolute Gasteiger partial charge is 0.456 e. The van der Waals surface area contributed by atoms with Crippen molar-refractivity contribution in [3.63, 3.8) is 0 Å². The van der Waals surface area contributed by atoms with Crippen LogP contribution in [-0.2, 0) is 25.5 Å². The highest BCUT2D eigenvalue weighted by Crippen LogP contribution is 2.27. The van der Waals surface area contributed by atoms with E-state index < -0.39 is 17.6 Å². The Hall–Kier alpha value is -3.27. The first-order valence-electron chi connectivity index (χ1n) is 14.1. The number of piperazine rings is 1. The summed E-state index contributed by atoms with van der Waals surface area (Å²) in [6.45, 7) is 7.39. The maximum Gasteiger partial charge on any atom is 0.338 e. The van der Waals surface area contributed by atoms with E-state index in [1.165, 1.54) is 0 Å². The van der Waals surface area contributed by atoms with E-state index in [9.17, 15) is 14.4 Å². The maximum absolute atomic E-state index is 13.0. The molecule has 1 aliphatic heterocycles. The molecule has 0 spiro atoms. The summed E-state index contributed by atoms with van der Waals surface area (Å²) in [5.41, 5.74) is 8.33. The standard InChI is InChI=1S/C31H42N4O5/c1-31(2,3)40-30(38)22-7-9-23(10-8-22)33-29(37)27(32)19-21-5-11-25(12-6-21)35-18-17-34(20-28(35)36)24-13-15-26(39-4)16-14-24/h5-12,24,26-27H,13-20,32H2,1-4H3,(H,33,37)/t24?,26?,27-/m0/s1. The highest BCUT2D eigenvalue weighted by atomic mass is 16.6. The number of ether oxygens (including phenoxy) is 2. The van der Waals surface area contributed by atoms with Gasteiger partial charge >= 0.3 is 5.97 Å². The van der Waals surface area contributed by atoms with E-state index in [0.717, 1.165) is 43.5 Å². The summed E-state index contributed by atoms with van der Waals surface area (Å²) < 4.78 is 10.8. The quantitative estimate of drug-likeness (QED) is 0.481. The van der Waals surface area contributed by atoms with Crippen LogP contribution in [0.25, 0.3) is 0 Å². The molecule has 9 nitrogen and oxygen atoms in total. The van der Waals surface area contributed by atoms with Crippen LogP contribution in [0.15, 0.2) is 48.5 Å². The van der Waals surface area contributed by atoms with Gasteiger partial charge in [-0.1, -0.05) is 12.1 Å². The number of anilines is 2. The number of nitrogens with zero attached hydrogens (tertiary/aromatic N) is 2.